The number of fused-ring (bicyclic) bond motifs is 1. The normalized spacial score (nSPS) is 16.9. The SMILES string of the molecule is CC(C)Oc1ccc2[nH]nc(-c3cc(N4CCOC(C)(C)C4)ncn3)c2c1. The van der Waals surface area contributed by atoms with E-state index in [-0.39, 0.29) is 11.7 Å². The molecule has 1 aliphatic rings. The monoisotopic (exact) mass is 367 g/mol. The summed E-state index contributed by atoms with van der Waals surface area (Å²) in [7, 11) is 0. The van der Waals surface area contributed by atoms with Crippen molar-refractivity contribution in [2.45, 2.75) is 39.4 Å². The van der Waals surface area contributed by atoms with Gasteiger partial charge in [0.25, 0.3) is 0 Å². The highest BCUT2D eigenvalue weighted by Gasteiger charge is 2.28. The van der Waals surface area contributed by atoms with Crippen LogP contribution in [0.5, 0.6) is 5.75 Å². The molecule has 1 aliphatic heterocycles. The molecule has 1 N–H and O–H groups in total. The zero-order chi connectivity index (χ0) is 19.0. The molecule has 0 saturated carbocycles. The molecule has 142 valence electrons. The maximum atomic E-state index is 5.83. The minimum Gasteiger partial charge on any atom is -0.491 e. The molecule has 27 heavy (non-hydrogen) atoms. The van der Waals surface area contributed by atoms with Crippen molar-refractivity contribution in [2.75, 3.05) is 24.6 Å². The van der Waals surface area contributed by atoms with Crippen molar-refractivity contribution in [2.24, 2.45) is 0 Å². The fraction of sp³-hybridized carbons (Fsp3) is 0.450. The van der Waals surface area contributed by atoms with E-state index >= 15 is 0 Å². The number of morpholine rings is 1. The summed E-state index contributed by atoms with van der Waals surface area (Å²) in [5, 5.41) is 8.55. The third-order valence-electron chi connectivity index (χ3n) is 4.55. The lowest BCUT2D eigenvalue weighted by Gasteiger charge is -2.38. The molecular formula is C20H25N5O2. The highest BCUT2D eigenvalue weighted by Crippen LogP contribution is 2.30. The zero-order valence-corrected chi connectivity index (χ0v) is 16.2. The van der Waals surface area contributed by atoms with Crippen LogP contribution >= 0.6 is 0 Å². The molecule has 1 fully saturated rings. The first-order valence-corrected chi connectivity index (χ1v) is 9.27. The van der Waals surface area contributed by atoms with Gasteiger partial charge in [0.1, 0.15) is 23.6 Å². The van der Waals surface area contributed by atoms with Gasteiger partial charge in [0.05, 0.1) is 29.5 Å². The molecule has 0 spiro atoms. The smallest absolute Gasteiger partial charge is 0.132 e. The van der Waals surface area contributed by atoms with E-state index in [1.807, 2.05) is 38.1 Å². The molecule has 0 bridgehead atoms. The Balaban J connectivity index is 1.69. The van der Waals surface area contributed by atoms with Crippen molar-refractivity contribution in [3.05, 3.63) is 30.6 Å². The van der Waals surface area contributed by atoms with E-state index in [2.05, 4.69) is 38.9 Å². The second kappa shape index (κ2) is 6.81. The van der Waals surface area contributed by atoms with Crippen molar-refractivity contribution in [3.8, 4) is 17.1 Å². The number of nitrogens with one attached hydrogen (secondary N) is 1. The molecule has 3 aromatic rings. The largest absolute Gasteiger partial charge is 0.491 e. The van der Waals surface area contributed by atoms with Crippen LogP contribution in [-0.2, 0) is 4.74 Å². The molecule has 1 saturated heterocycles. The van der Waals surface area contributed by atoms with Gasteiger partial charge in [-0.2, -0.15) is 5.10 Å². The van der Waals surface area contributed by atoms with Gasteiger partial charge < -0.3 is 14.4 Å². The van der Waals surface area contributed by atoms with Gasteiger partial charge in [0, 0.05) is 24.5 Å². The van der Waals surface area contributed by atoms with Crippen LogP contribution in [0.2, 0.25) is 0 Å². The van der Waals surface area contributed by atoms with Gasteiger partial charge >= 0.3 is 0 Å². The highest BCUT2D eigenvalue weighted by molar-refractivity contribution is 5.93. The van der Waals surface area contributed by atoms with Crippen LogP contribution in [0.15, 0.2) is 30.6 Å². The Morgan fingerprint density at radius 1 is 1.22 bits per heavy atom. The van der Waals surface area contributed by atoms with Crippen LogP contribution in [0.25, 0.3) is 22.3 Å². The Morgan fingerprint density at radius 2 is 2.07 bits per heavy atom. The molecule has 0 amide bonds. The quantitative estimate of drug-likeness (QED) is 0.761. The second-order valence-corrected chi connectivity index (χ2v) is 7.74. The molecule has 0 aliphatic carbocycles. The van der Waals surface area contributed by atoms with Crippen molar-refractivity contribution >= 4 is 16.7 Å². The number of hydrogen-bond donors (Lipinski definition) is 1. The van der Waals surface area contributed by atoms with Crippen LogP contribution < -0.4 is 9.64 Å². The fourth-order valence-electron chi connectivity index (χ4n) is 3.40. The molecule has 7 heteroatoms. The summed E-state index contributed by atoms with van der Waals surface area (Å²) < 4.78 is 11.6. The Hall–Kier alpha value is -2.67. The van der Waals surface area contributed by atoms with E-state index in [0.717, 1.165) is 46.9 Å². The first-order chi connectivity index (χ1) is 12.9. The number of hydrogen-bond acceptors (Lipinski definition) is 6. The minimum atomic E-state index is -0.189. The van der Waals surface area contributed by atoms with Crippen LogP contribution in [-0.4, -0.2) is 51.6 Å². The Kier molecular flexibility index (Phi) is 4.47. The van der Waals surface area contributed by atoms with E-state index in [4.69, 9.17) is 9.47 Å². The van der Waals surface area contributed by atoms with E-state index in [0.29, 0.717) is 6.61 Å². The summed E-state index contributed by atoms with van der Waals surface area (Å²) in [6.45, 7) is 10.5. The number of rotatable bonds is 4. The van der Waals surface area contributed by atoms with Gasteiger partial charge in [-0.1, -0.05) is 0 Å². The fourth-order valence-corrected chi connectivity index (χ4v) is 3.40. The number of aromatic nitrogens is 4. The molecule has 2 aromatic heterocycles. The summed E-state index contributed by atoms with van der Waals surface area (Å²) >= 11 is 0. The molecule has 0 unspecified atom stereocenters. The number of ether oxygens (including phenoxy) is 2. The first-order valence-electron chi connectivity index (χ1n) is 9.27. The predicted molar refractivity (Wildman–Crippen MR) is 105 cm³/mol. The average Bonchev–Trinajstić information content (AvgIpc) is 3.04. The maximum Gasteiger partial charge on any atom is 0.132 e. The lowest BCUT2D eigenvalue weighted by Crippen LogP contribution is -2.48. The van der Waals surface area contributed by atoms with Crippen molar-refractivity contribution < 1.29 is 9.47 Å². The third-order valence-corrected chi connectivity index (χ3v) is 4.55. The summed E-state index contributed by atoms with van der Waals surface area (Å²) in [5.74, 6) is 1.71. The van der Waals surface area contributed by atoms with Crippen molar-refractivity contribution in [1.29, 1.82) is 0 Å². The topological polar surface area (TPSA) is 76.2 Å². The van der Waals surface area contributed by atoms with Gasteiger partial charge in [-0.3, -0.25) is 5.10 Å². The number of anilines is 1. The molecule has 1 aromatic carbocycles. The Labute approximate surface area is 158 Å². The first kappa shape index (κ1) is 17.7. The van der Waals surface area contributed by atoms with E-state index in [1.54, 1.807) is 6.33 Å². The van der Waals surface area contributed by atoms with E-state index < -0.39 is 0 Å². The molecular weight excluding hydrogens is 342 g/mol. The van der Waals surface area contributed by atoms with Crippen LogP contribution in [0.1, 0.15) is 27.7 Å². The highest BCUT2D eigenvalue weighted by atomic mass is 16.5. The summed E-state index contributed by atoms with van der Waals surface area (Å²) in [6, 6.07) is 7.93. The standard InChI is InChI=1S/C20H25N5O2/c1-13(2)27-14-5-6-16-15(9-14)19(24-23-16)17-10-18(22-12-21-17)25-7-8-26-20(3,4)11-25/h5-6,9-10,12-13H,7-8,11H2,1-4H3,(H,23,24). The lowest BCUT2D eigenvalue weighted by molar-refractivity contribution is -0.0279. The number of nitrogens with zero attached hydrogens (tertiary/aromatic N) is 4. The van der Waals surface area contributed by atoms with Crippen LogP contribution in [0.3, 0.4) is 0 Å². The van der Waals surface area contributed by atoms with Gasteiger partial charge in [-0.25, -0.2) is 9.97 Å². The van der Waals surface area contributed by atoms with Gasteiger partial charge in [-0.15, -0.1) is 0 Å². The van der Waals surface area contributed by atoms with Crippen molar-refractivity contribution in [3.63, 3.8) is 0 Å². The Morgan fingerprint density at radius 3 is 2.85 bits per heavy atom. The molecule has 4 rings (SSSR count). The van der Waals surface area contributed by atoms with Gasteiger partial charge in [-0.05, 0) is 45.9 Å². The van der Waals surface area contributed by atoms with E-state index in [1.165, 1.54) is 0 Å². The van der Waals surface area contributed by atoms with Crippen molar-refractivity contribution in [1.82, 2.24) is 20.2 Å². The van der Waals surface area contributed by atoms with Gasteiger partial charge in [0.15, 0.2) is 0 Å². The van der Waals surface area contributed by atoms with Gasteiger partial charge in [0.2, 0.25) is 0 Å². The molecule has 7 nitrogen and oxygen atoms in total. The molecule has 3 heterocycles. The second-order valence-electron chi connectivity index (χ2n) is 7.74. The lowest BCUT2D eigenvalue weighted by atomic mass is 10.1. The van der Waals surface area contributed by atoms with E-state index in [9.17, 15) is 0 Å². The minimum absolute atomic E-state index is 0.119. The third kappa shape index (κ3) is 3.73. The zero-order valence-electron chi connectivity index (χ0n) is 16.2. The average molecular weight is 367 g/mol. The number of aromatic amines is 1. The summed E-state index contributed by atoms with van der Waals surface area (Å²) in [5.41, 5.74) is 2.35. The number of benzene rings is 1. The Bertz CT molecular complexity index is 950. The van der Waals surface area contributed by atoms with Crippen LogP contribution in [0, 0.1) is 0 Å². The van der Waals surface area contributed by atoms with Crippen LogP contribution in [0.4, 0.5) is 5.82 Å². The molecule has 0 atom stereocenters. The summed E-state index contributed by atoms with van der Waals surface area (Å²) in [6.07, 6.45) is 1.72. The predicted octanol–water partition coefficient (Wildman–Crippen LogP) is 3.42. The maximum absolute atomic E-state index is 5.83. The summed E-state index contributed by atoms with van der Waals surface area (Å²) in [4.78, 5) is 11.2. The number of H-pyrrole nitrogens is 1. The molecule has 0 radical (unpaired) electrons.